The van der Waals surface area contributed by atoms with E-state index in [1.165, 1.54) is 5.56 Å². The van der Waals surface area contributed by atoms with Gasteiger partial charge < -0.3 is 4.52 Å². The van der Waals surface area contributed by atoms with Crippen LogP contribution in [0, 0.1) is 6.92 Å². The zero-order valence-corrected chi connectivity index (χ0v) is 8.90. The van der Waals surface area contributed by atoms with Gasteiger partial charge in [-0.15, -0.1) is 0 Å². The van der Waals surface area contributed by atoms with Crippen molar-refractivity contribution in [3.05, 3.63) is 35.7 Å². The highest BCUT2D eigenvalue weighted by Gasteiger charge is 2.05. The fourth-order valence-electron chi connectivity index (χ4n) is 1.49. The first-order valence-electron chi connectivity index (χ1n) is 4.97. The maximum Gasteiger partial charge on any atom is 0.223 e. The van der Waals surface area contributed by atoms with Crippen LogP contribution in [0.5, 0.6) is 0 Å². The molecule has 2 aromatic rings. The van der Waals surface area contributed by atoms with Gasteiger partial charge in [-0.3, -0.25) is 0 Å². The van der Waals surface area contributed by atoms with Crippen LogP contribution in [-0.4, -0.2) is 17.4 Å². The molecule has 3 nitrogen and oxygen atoms in total. The Kier molecular flexibility index (Phi) is 2.85. The second-order valence-corrected chi connectivity index (χ2v) is 3.45. The van der Waals surface area contributed by atoms with E-state index in [1.54, 1.807) is 6.92 Å². The minimum Gasteiger partial charge on any atom is -0.339 e. The smallest absolute Gasteiger partial charge is 0.223 e. The predicted molar refractivity (Wildman–Crippen MR) is 59.8 cm³/mol. The Morgan fingerprint density at radius 3 is 2.93 bits per heavy atom. The van der Waals surface area contributed by atoms with E-state index < -0.39 is 0 Å². The summed E-state index contributed by atoms with van der Waals surface area (Å²) in [5.41, 5.74) is 2.27. The van der Waals surface area contributed by atoms with Crippen molar-refractivity contribution in [2.75, 3.05) is 0 Å². The van der Waals surface area contributed by atoms with E-state index >= 15 is 0 Å². The summed E-state index contributed by atoms with van der Waals surface area (Å²) in [7, 11) is 2.13. The molecule has 0 bridgehead atoms. The summed E-state index contributed by atoms with van der Waals surface area (Å²) in [6, 6.07) is 8.18. The number of nitrogens with zero attached hydrogens (tertiary/aromatic N) is 2. The topological polar surface area (TPSA) is 38.9 Å². The van der Waals surface area contributed by atoms with E-state index in [1.807, 2.05) is 19.0 Å². The second kappa shape index (κ2) is 4.30. The average Bonchev–Trinajstić information content (AvgIpc) is 2.66. The number of hydrogen-bond acceptors (Lipinski definition) is 3. The van der Waals surface area contributed by atoms with Crippen LogP contribution in [0.25, 0.3) is 11.4 Å². The van der Waals surface area contributed by atoms with E-state index in [2.05, 4.69) is 29.6 Å². The van der Waals surface area contributed by atoms with Crippen molar-refractivity contribution < 1.29 is 4.52 Å². The first-order chi connectivity index (χ1) is 7.29. The second-order valence-electron chi connectivity index (χ2n) is 3.45. The third-order valence-electron chi connectivity index (χ3n) is 2.15. The van der Waals surface area contributed by atoms with Gasteiger partial charge in [-0.1, -0.05) is 42.1 Å². The van der Waals surface area contributed by atoms with Crippen LogP contribution < -0.4 is 0 Å². The molecule has 2 rings (SSSR count). The molecule has 0 saturated heterocycles. The van der Waals surface area contributed by atoms with Gasteiger partial charge >= 0.3 is 0 Å². The highest BCUT2D eigenvalue weighted by atomic mass is 16.5. The van der Waals surface area contributed by atoms with Crippen LogP contribution in [0.2, 0.25) is 6.82 Å². The van der Waals surface area contributed by atoms with E-state index in [-0.39, 0.29) is 0 Å². The standard InChI is InChI=1S/C11H12BN2O/c1-8-13-11(14-15-8)10-5-3-4-9(6-10)7-12-2/h3-6H,7H2,1-2H3. The highest BCUT2D eigenvalue weighted by molar-refractivity contribution is 6.32. The summed E-state index contributed by atoms with van der Waals surface area (Å²) >= 11 is 0. The van der Waals surface area contributed by atoms with E-state index in [9.17, 15) is 0 Å². The van der Waals surface area contributed by atoms with Crippen LogP contribution in [0.1, 0.15) is 11.5 Å². The van der Waals surface area contributed by atoms with Crippen molar-refractivity contribution in [2.45, 2.75) is 20.1 Å². The van der Waals surface area contributed by atoms with Crippen molar-refractivity contribution in [1.82, 2.24) is 10.1 Å². The Hall–Kier alpha value is -1.58. The van der Waals surface area contributed by atoms with Crippen molar-refractivity contribution in [1.29, 1.82) is 0 Å². The molecule has 1 heterocycles. The molecule has 4 heteroatoms. The molecule has 0 spiro atoms. The van der Waals surface area contributed by atoms with Crippen molar-refractivity contribution >= 4 is 7.28 Å². The zero-order valence-electron chi connectivity index (χ0n) is 8.90. The normalized spacial score (nSPS) is 10.3. The average molecular weight is 199 g/mol. The Morgan fingerprint density at radius 1 is 1.40 bits per heavy atom. The molecule has 0 aliphatic heterocycles. The van der Waals surface area contributed by atoms with Gasteiger partial charge in [0.15, 0.2) is 0 Å². The van der Waals surface area contributed by atoms with Crippen LogP contribution in [0.15, 0.2) is 28.8 Å². The molecule has 15 heavy (non-hydrogen) atoms. The number of hydrogen-bond donors (Lipinski definition) is 0. The summed E-state index contributed by atoms with van der Waals surface area (Å²) in [6.45, 7) is 3.84. The minimum atomic E-state index is 0.595. The predicted octanol–water partition coefficient (Wildman–Crippen LogP) is 2.30. The lowest BCUT2D eigenvalue weighted by Gasteiger charge is -1.99. The monoisotopic (exact) mass is 199 g/mol. The number of rotatable bonds is 3. The lowest BCUT2D eigenvalue weighted by Crippen LogP contribution is -1.91. The molecule has 75 valence electrons. The highest BCUT2D eigenvalue weighted by Crippen LogP contribution is 2.17. The first kappa shape index (κ1) is 9.96. The fraction of sp³-hybridized carbons (Fsp3) is 0.273. The molecular formula is C11H12BN2O. The Labute approximate surface area is 89.8 Å². The van der Waals surface area contributed by atoms with Gasteiger partial charge in [-0.25, -0.2) is 0 Å². The van der Waals surface area contributed by atoms with Crippen molar-refractivity contribution in [3.8, 4) is 11.4 Å². The van der Waals surface area contributed by atoms with Crippen molar-refractivity contribution in [3.63, 3.8) is 0 Å². The first-order valence-corrected chi connectivity index (χ1v) is 4.97. The molecule has 1 radical (unpaired) electrons. The van der Waals surface area contributed by atoms with Gasteiger partial charge in [-0.2, -0.15) is 4.98 Å². The molecule has 0 aliphatic carbocycles. The lowest BCUT2D eigenvalue weighted by molar-refractivity contribution is 0.394. The third-order valence-corrected chi connectivity index (χ3v) is 2.15. The minimum absolute atomic E-state index is 0.595. The largest absolute Gasteiger partial charge is 0.339 e. The van der Waals surface area contributed by atoms with Crippen molar-refractivity contribution in [2.24, 2.45) is 0 Å². The van der Waals surface area contributed by atoms with Crippen LogP contribution in [0.3, 0.4) is 0 Å². The van der Waals surface area contributed by atoms with E-state index in [0.717, 1.165) is 11.9 Å². The number of aryl methyl sites for hydroxylation is 1. The molecule has 0 saturated carbocycles. The Balaban J connectivity index is 2.32. The zero-order chi connectivity index (χ0) is 10.7. The Bertz CT molecular complexity index is 453. The summed E-state index contributed by atoms with van der Waals surface area (Å²) in [4.78, 5) is 4.19. The van der Waals surface area contributed by atoms with Gasteiger partial charge in [0.2, 0.25) is 11.7 Å². The molecule has 1 aromatic heterocycles. The number of aromatic nitrogens is 2. The van der Waals surface area contributed by atoms with Gasteiger partial charge in [0.05, 0.1) is 0 Å². The molecule has 0 unspecified atom stereocenters. The fourth-order valence-corrected chi connectivity index (χ4v) is 1.49. The van der Waals surface area contributed by atoms with Gasteiger partial charge in [0, 0.05) is 12.5 Å². The van der Waals surface area contributed by atoms with E-state index in [4.69, 9.17) is 4.52 Å². The molecule has 0 amide bonds. The molecule has 0 atom stereocenters. The molecular weight excluding hydrogens is 187 g/mol. The number of benzene rings is 1. The van der Waals surface area contributed by atoms with Gasteiger partial charge in [0.1, 0.15) is 7.28 Å². The van der Waals surface area contributed by atoms with Crippen LogP contribution in [0.4, 0.5) is 0 Å². The maximum atomic E-state index is 4.95. The van der Waals surface area contributed by atoms with Gasteiger partial charge in [-0.05, 0) is 6.07 Å². The van der Waals surface area contributed by atoms with Crippen LogP contribution >= 0.6 is 0 Å². The van der Waals surface area contributed by atoms with Gasteiger partial charge in [0.25, 0.3) is 0 Å². The molecule has 0 aliphatic rings. The quantitative estimate of drug-likeness (QED) is 0.711. The molecule has 1 aromatic carbocycles. The summed E-state index contributed by atoms with van der Waals surface area (Å²) in [5, 5.41) is 3.89. The maximum absolute atomic E-state index is 4.95. The van der Waals surface area contributed by atoms with E-state index in [0.29, 0.717) is 11.7 Å². The summed E-state index contributed by atoms with van der Waals surface area (Å²) in [5.74, 6) is 1.25. The molecule has 0 N–H and O–H groups in total. The summed E-state index contributed by atoms with van der Waals surface area (Å²) in [6.07, 6.45) is 0.963. The summed E-state index contributed by atoms with van der Waals surface area (Å²) < 4.78 is 4.95. The SMILES string of the molecule is C[B]Cc1cccc(-c2noc(C)n2)c1. The Morgan fingerprint density at radius 2 is 2.27 bits per heavy atom. The molecule has 0 fully saturated rings. The lowest BCUT2D eigenvalue weighted by atomic mass is 9.75. The third kappa shape index (κ3) is 2.26. The van der Waals surface area contributed by atoms with Crippen LogP contribution in [-0.2, 0) is 6.32 Å².